The van der Waals surface area contributed by atoms with Gasteiger partial charge in [-0.2, -0.15) is 0 Å². The summed E-state index contributed by atoms with van der Waals surface area (Å²) in [6, 6.07) is 6.19. The van der Waals surface area contributed by atoms with Crippen LogP contribution >= 0.6 is 22.6 Å². The highest BCUT2D eigenvalue weighted by Crippen LogP contribution is 2.29. The first-order chi connectivity index (χ1) is 8.37. The van der Waals surface area contributed by atoms with Crippen LogP contribution in [0, 0.1) is 3.57 Å². The Morgan fingerprint density at radius 3 is 2.78 bits per heavy atom. The summed E-state index contributed by atoms with van der Waals surface area (Å²) in [5, 5.41) is 0. The molecule has 0 unspecified atom stereocenters. The predicted molar refractivity (Wildman–Crippen MR) is 81.1 cm³/mol. The van der Waals surface area contributed by atoms with Crippen molar-refractivity contribution in [3.63, 3.8) is 0 Å². The molecule has 0 radical (unpaired) electrons. The molecule has 1 aliphatic rings. The third kappa shape index (κ3) is 3.16. The van der Waals surface area contributed by atoms with Crippen molar-refractivity contribution in [1.29, 1.82) is 0 Å². The van der Waals surface area contributed by atoms with Crippen molar-refractivity contribution in [2.45, 2.75) is 39.2 Å². The smallest absolute Gasteiger partial charge is 0.414 e. The molecule has 1 amide bonds. The van der Waals surface area contributed by atoms with Gasteiger partial charge in [0, 0.05) is 10.1 Å². The molecular weight excluding hydrogens is 341 g/mol. The Labute approximate surface area is 122 Å². The van der Waals surface area contributed by atoms with E-state index in [1.54, 1.807) is 4.90 Å². The van der Waals surface area contributed by atoms with Gasteiger partial charge in [-0.1, -0.05) is 0 Å². The van der Waals surface area contributed by atoms with Crippen molar-refractivity contribution in [2.24, 2.45) is 0 Å². The first-order valence-corrected chi connectivity index (χ1v) is 7.24. The third-order valence-electron chi connectivity index (χ3n) is 2.77. The SMILES string of the molecule is CC(C)(C)OC(=O)N1CCCc2cc(I)ccc21. The largest absolute Gasteiger partial charge is 0.443 e. The van der Waals surface area contributed by atoms with Gasteiger partial charge in [0.1, 0.15) is 5.60 Å². The molecule has 0 fully saturated rings. The Morgan fingerprint density at radius 2 is 2.11 bits per heavy atom. The van der Waals surface area contributed by atoms with Crippen LogP contribution in [0.1, 0.15) is 32.8 Å². The van der Waals surface area contributed by atoms with E-state index < -0.39 is 5.60 Å². The van der Waals surface area contributed by atoms with E-state index in [0.29, 0.717) is 0 Å². The summed E-state index contributed by atoms with van der Waals surface area (Å²) < 4.78 is 6.66. The minimum absolute atomic E-state index is 0.246. The van der Waals surface area contributed by atoms with Gasteiger partial charge in [-0.3, -0.25) is 4.90 Å². The van der Waals surface area contributed by atoms with E-state index in [9.17, 15) is 4.79 Å². The van der Waals surface area contributed by atoms with Gasteiger partial charge in [0.15, 0.2) is 0 Å². The van der Waals surface area contributed by atoms with Gasteiger partial charge < -0.3 is 4.74 Å². The number of nitrogens with zero attached hydrogens (tertiary/aromatic N) is 1. The number of carbonyl (C=O) groups excluding carboxylic acids is 1. The molecule has 1 heterocycles. The second kappa shape index (κ2) is 5.07. The monoisotopic (exact) mass is 359 g/mol. The van der Waals surface area contributed by atoms with Gasteiger partial charge in [0.05, 0.1) is 5.69 Å². The third-order valence-corrected chi connectivity index (χ3v) is 3.45. The molecule has 0 N–H and O–H groups in total. The van der Waals surface area contributed by atoms with Crippen LogP contribution in [0.4, 0.5) is 10.5 Å². The molecule has 0 aromatic heterocycles. The standard InChI is InChI=1S/C14H18INO2/c1-14(2,3)18-13(17)16-8-4-5-10-9-11(15)6-7-12(10)16/h6-7,9H,4-5,8H2,1-3H3. The van der Waals surface area contributed by atoms with E-state index in [1.807, 2.05) is 32.9 Å². The number of fused-ring (bicyclic) bond motifs is 1. The Bertz CT molecular complexity index is 465. The number of benzene rings is 1. The van der Waals surface area contributed by atoms with Crippen molar-refractivity contribution in [2.75, 3.05) is 11.4 Å². The van der Waals surface area contributed by atoms with Crippen LogP contribution in [0.3, 0.4) is 0 Å². The summed E-state index contributed by atoms with van der Waals surface area (Å²) in [5.41, 5.74) is 1.78. The van der Waals surface area contributed by atoms with E-state index in [0.717, 1.165) is 25.1 Å². The van der Waals surface area contributed by atoms with Crippen LogP contribution in [0.2, 0.25) is 0 Å². The van der Waals surface area contributed by atoms with Crippen LogP contribution in [-0.4, -0.2) is 18.2 Å². The number of rotatable bonds is 0. The van der Waals surface area contributed by atoms with Crippen molar-refractivity contribution < 1.29 is 9.53 Å². The molecule has 2 rings (SSSR count). The van der Waals surface area contributed by atoms with Crippen molar-refractivity contribution in [1.82, 2.24) is 0 Å². The average Bonchev–Trinajstić information content (AvgIpc) is 2.25. The minimum Gasteiger partial charge on any atom is -0.443 e. The number of hydrogen-bond acceptors (Lipinski definition) is 2. The second-order valence-electron chi connectivity index (χ2n) is 5.51. The number of ether oxygens (including phenoxy) is 1. The van der Waals surface area contributed by atoms with Crippen LogP contribution in [0.5, 0.6) is 0 Å². The molecule has 18 heavy (non-hydrogen) atoms. The molecule has 0 spiro atoms. The highest BCUT2D eigenvalue weighted by molar-refractivity contribution is 14.1. The average molecular weight is 359 g/mol. The van der Waals surface area contributed by atoms with Crippen LogP contribution in [0.15, 0.2) is 18.2 Å². The lowest BCUT2D eigenvalue weighted by atomic mass is 10.0. The zero-order valence-electron chi connectivity index (χ0n) is 11.0. The summed E-state index contributed by atoms with van der Waals surface area (Å²) in [7, 11) is 0. The fourth-order valence-electron chi connectivity index (χ4n) is 2.07. The summed E-state index contributed by atoms with van der Waals surface area (Å²) in [6.45, 7) is 6.42. The highest BCUT2D eigenvalue weighted by Gasteiger charge is 2.27. The van der Waals surface area contributed by atoms with Gasteiger partial charge in [0.25, 0.3) is 0 Å². The molecule has 0 saturated heterocycles. The van der Waals surface area contributed by atoms with Crippen molar-refractivity contribution in [3.05, 3.63) is 27.3 Å². The topological polar surface area (TPSA) is 29.5 Å². The summed E-state index contributed by atoms with van der Waals surface area (Å²) in [6.07, 6.45) is 1.78. The normalized spacial score (nSPS) is 15.2. The van der Waals surface area contributed by atoms with Gasteiger partial charge >= 0.3 is 6.09 Å². The van der Waals surface area contributed by atoms with Gasteiger partial charge in [-0.25, -0.2) is 4.79 Å². The molecule has 0 saturated carbocycles. The summed E-state index contributed by atoms with van der Waals surface area (Å²) >= 11 is 2.30. The Morgan fingerprint density at radius 1 is 1.39 bits per heavy atom. The van der Waals surface area contributed by atoms with E-state index >= 15 is 0 Å². The molecular formula is C14H18INO2. The number of hydrogen-bond donors (Lipinski definition) is 0. The Hall–Kier alpha value is -0.780. The van der Waals surface area contributed by atoms with E-state index in [2.05, 4.69) is 28.7 Å². The van der Waals surface area contributed by atoms with Gasteiger partial charge in [-0.05, 0) is 80.0 Å². The Balaban J connectivity index is 2.25. The van der Waals surface area contributed by atoms with Crippen LogP contribution < -0.4 is 4.90 Å². The summed E-state index contributed by atoms with van der Waals surface area (Å²) in [4.78, 5) is 13.9. The number of aryl methyl sites for hydroxylation is 1. The molecule has 0 bridgehead atoms. The minimum atomic E-state index is -0.447. The highest BCUT2D eigenvalue weighted by atomic mass is 127. The Kier molecular flexibility index (Phi) is 3.84. The zero-order valence-corrected chi connectivity index (χ0v) is 13.2. The quantitative estimate of drug-likeness (QED) is 0.656. The van der Waals surface area contributed by atoms with E-state index in [1.165, 1.54) is 9.13 Å². The maximum Gasteiger partial charge on any atom is 0.414 e. The number of amides is 1. The number of carbonyl (C=O) groups is 1. The molecule has 4 heteroatoms. The first-order valence-electron chi connectivity index (χ1n) is 6.16. The molecule has 98 valence electrons. The lowest BCUT2D eigenvalue weighted by Gasteiger charge is -2.31. The van der Waals surface area contributed by atoms with Crippen molar-refractivity contribution in [3.8, 4) is 0 Å². The van der Waals surface area contributed by atoms with E-state index in [4.69, 9.17) is 4.74 Å². The lowest BCUT2D eigenvalue weighted by Crippen LogP contribution is -2.39. The van der Waals surface area contributed by atoms with Crippen LogP contribution in [-0.2, 0) is 11.2 Å². The molecule has 3 nitrogen and oxygen atoms in total. The van der Waals surface area contributed by atoms with Crippen molar-refractivity contribution >= 4 is 34.4 Å². The van der Waals surface area contributed by atoms with Crippen LogP contribution in [0.25, 0.3) is 0 Å². The van der Waals surface area contributed by atoms with Gasteiger partial charge in [0.2, 0.25) is 0 Å². The maximum absolute atomic E-state index is 12.2. The first kappa shape index (κ1) is 13.6. The predicted octanol–water partition coefficient (Wildman–Crippen LogP) is 3.98. The van der Waals surface area contributed by atoms with E-state index in [-0.39, 0.29) is 6.09 Å². The van der Waals surface area contributed by atoms with Gasteiger partial charge in [-0.15, -0.1) is 0 Å². The maximum atomic E-state index is 12.2. The fourth-order valence-corrected chi connectivity index (χ4v) is 2.63. The molecule has 0 atom stereocenters. The molecule has 1 aromatic rings. The zero-order chi connectivity index (χ0) is 13.3. The summed E-state index contributed by atoms with van der Waals surface area (Å²) in [5.74, 6) is 0. The molecule has 0 aliphatic carbocycles. The fraction of sp³-hybridized carbons (Fsp3) is 0.500. The molecule has 1 aliphatic heterocycles. The lowest BCUT2D eigenvalue weighted by molar-refractivity contribution is 0.0578. The molecule has 1 aromatic carbocycles. The second-order valence-corrected chi connectivity index (χ2v) is 6.75. The number of anilines is 1. The number of halogens is 1.